The first-order chi connectivity index (χ1) is 19.8. The quantitative estimate of drug-likeness (QED) is 0.197. The van der Waals surface area contributed by atoms with Crippen molar-refractivity contribution in [2.24, 2.45) is 5.41 Å². The third-order valence-electron chi connectivity index (χ3n) is 7.79. The molecular formula is C37H43NO2S. The van der Waals surface area contributed by atoms with Gasteiger partial charge in [0.05, 0.1) is 17.6 Å². The minimum Gasteiger partial charge on any atom is -0.481 e. The molecule has 1 fully saturated rings. The largest absolute Gasteiger partial charge is 0.481 e. The van der Waals surface area contributed by atoms with Gasteiger partial charge in [0.25, 0.3) is 0 Å². The second kappa shape index (κ2) is 14.5. The SMILES string of the molecule is CSCC1(CC(=O)O)CC1.Cc1ccc2ccc(/C=C/c3cccc(CCCc4ccccc4C(C)C)c3)nc2c1. The molecule has 1 aliphatic rings. The molecule has 0 saturated heterocycles. The summed E-state index contributed by atoms with van der Waals surface area (Å²) in [5, 5.41) is 9.69. The molecule has 0 atom stereocenters. The van der Waals surface area contributed by atoms with Gasteiger partial charge in [-0.05, 0) is 108 Å². The number of benzene rings is 3. The molecule has 0 radical (unpaired) electrons. The Morgan fingerprint density at radius 1 is 0.976 bits per heavy atom. The van der Waals surface area contributed by atoms with Crippen LogP contribution in [-0.2, 0) is 17.6 Å². The second-order valence-electron chi connectivity index (χ2n) is 11.7. The average Bonchev–Trinajstić information content (AvgIpc) is 3.70. The summed E-state index contributed by atoms with van der Waals surface area (Å²) in [6, 6.07) is 28.4. The van der Waals surface area contributed by atoms with Crippen LogP contribution in [0.25, 0.3) is 23.1 Å². The summed E-state index contributed by atoms with van der Waals surface area (Å²) in [5.41, 5.74) is 9.07. The van der Waals surface area contributed by atoms with Crippen molar-refractivity contribution in [3.63, 3.8) is 0 Å². The topological polar surface area (TPSA) is 50.2 Å². The molecule has 4 heteroatoms. The van der Waals surface area contributed by atoms with E-state index in [9.17, 15) is 4.79 Å². The number of fused-ring (bicyclic) bond motifs is 1. The fourth-order valence-corrected chi connectivity index (χ4v) is 6.36. The highest BCUT2D eigenvalue weighted by molar-refractivity contribution is 7.98. The highest BCUT2D eigenvalue weighted by Crippen LogP contribution is 2.50. The van der Waals surface area contributed by atoms with Crippen molar-refractivity contribution in [2.75, 3.05) is 12.0 Å². The normalized spacial score (nSPS) is 13.8. The van der Waals surface area contributed by atoms with Gasteiger partial charge in [-0.3, -0.25) is 4.79 Å². The summed E-state index contributed by atoms with van der Waals surface area (Å²) in [5.74, 6) is 0.947. The minimum absolute atomic E-state index is 0.186. The van der Waals surface area contributed by atoms with E-state index in [1.165, 1.54) is 39.6 Å². The number of rotatable bonds is 11. The second-order valence-corrected chi connectivity index (χ2v) is 12.6. The fraction of sp³-hybridized carbons (Fsp3) is 0.351. The summed E-state index contributed by atoms with van der Waals surface area (Å²) < 4.78 is 0. The van der Waals surface area contributed by atoms with E-state index in [1.54, 1.807) is 11.8 Å². The monoisotopic (exact) mass is 565 g/mol. The Kier molecular flexibility index (Phi) is 10.8. The Labute approximate surface area is 250 Å². The molecule has 1 N–H and O–H groups in total. The lowest BCUT2D eigenvalue weighted by molar-refractivity contribution is -0.138. The molecule has 0 bridgehead atoms. The van der Waals surface area contributed by atoms with E-state index in [4.69, 9.17) is 10.1 Å². The Balaban J connectivity index is 0.000000328. The van der Waals surface area contributed by atoms with Gasteiger partial charge in [-0.15, -0.1) is 0 Å². The van der Waals surface area contributed by atoms with Crippen molar-refractivity contribution in [1.29, 1.82) is 0 Å². The molecule has 1 aromatic heterocycles. The number of nitrogens with zero attached hydrogens (tertiary/aromatic N) is 1. The van der Waals surface area contributed by atoms with Gasteiger partial charge in [-0.25, -0.2) is 4.98 Å². The molecule has 5 rings (SSSR count). The molecule has 0 aliphatic heterocycles. The van der Waals surface area contributed by atoms with Crippen LogP contribution in [0.3, 0.4) is 0 Å². The number of thioether (sulfide) groups is 1. The van der Waals surface area contributed by atoms with Crippen LogP contribution in [0.1, 0.15) is 79.0 Å². The average molecular weight is 566 g/mol. The van der Waals surface area contributed by atoms with Gasteiger partial charge in [0.15, 0.2) is 0 Å². The summed E-state index contributed by atoms with van der Waals surface area (Å²) in [6.07, 6.45) is 12.3. The van der Waals surface area contributed by atoms with Crippen molar-refractivity contribution in [3.05, 3.63) is 112 Å². The van der Waals surface area contributed by atoms with Gasteiger partial charge in [0.1, 0.15) is 0 Å². The van der Waals surface area contributed by atoms with E-state index >= 15 is 0 Å². The van der Waals surface area contributed by atoms with Crippen LogP contribution >= 0.6 is 11.8 Å². The Morgan fingerprint density at radius 3 is 2.49 bits per heavy atom. The maximum absolute atomic E-state index is 10.3. The number of pyridine rings is 1. The summed E-state index contributed by atoms with van der Waals surface area (Å²) in [7, 11) is 0. The molecule has 3 aromatic carbocycles. The number of carbonyl (C=O) groups is 1. The molecule has 0 spiro atoms. The number of aromatic nitrogens is 1. The summed E-state index contributed by atoms with van der Waals surface area (Å²) in [4.78, 5) is 15.1. The van der Waals surface area contributed by atoms with Gasteiger partial charge >= 0.3 is 5.97 Å². The molecule has 214 valence electrons. The lowest BCUT2D eigenvalue weighted by Gasteiger charge is -2.12. The minimum atomic E-state index is -0.647. The number of hydrogen-bond donors (Lipinski definition) is 1. The van der Waals surface area contributed by atoms with E-state index in [0.717, 1.165) is 42.6 Å². The van der Waals surface area contributed by atoms with Crippen LogP contribution in [0, 0.1) is 12.3 Å². The first-order valence-corrected chi connectivity index (χ1v) is 16.1. The Bertz CT molecular complexity index is 1490. The zero-order valence-corrected chi connectivity index (χ0v) is 25.7. The lowest BCUT2D eigenvalue weighted by Crippen LogP contribution is -2.10. The van der Waals surface area contributed by atoms with E-state index in [0.29, 0.717) is 12.3 Å². The van der Waals surface area contributed by atoms with Crippen molar-refractivity contribution in [3.8, 4) is 0 Å². The van der Waals surface area contributed by atoms with Gasteiger partial charge in [-0.1, -0.05) is 86.7 Å². The summed E-state index contributed by atoms with van der Waals surface area (Å²) in [6.45, 7) is 6.66. The van der Waals surface area contributed by atoms with E-state index < -0.39 is 5.97 Å². The number of carboxylic acid groups (broad SMARTS) is 1. The predicted octanol–water partition coefficient (Wildman–Crippen LogP) is 9.62. The van der Waals surface area contributed by atoms with Crippen LogP contribution in [0.4, 0.5) is 0 Å². The predicted molar refractivity (Wildman–Crippen MR) is 177 cm³/mol. The van der Waals surface area contributed by atoms with Crippen LogP contribution < -0.4 is 0 Å². The third kappa shape index (κ3) is 9.33. The van der Waals surface area contributed by atoms with Crippen LogP contribution in [-0.4, -0.2) is 28.1 Å². The van der Waals surface area contributed by atoms with Gasteiger partial charge in [0, 0.05) is 5.39 Å². The van der Waals surface area contributed by atoms with Crippen LogP contribution in [0.2, 0.25) is 0 Å². The Morgan fingerprint density at radius 2 is 1.76 bits per heavy atom. The highest BCUT2D eigenvalue weighted by Gasteiger charge is 2.43. The first-order valence-electron chi connectivity index (χ1n) is 14.7. The lowest BCUT2D eigenvalue weighted by atomic mass is 9.93. The molecule has 0 unspecified atom stereocenters. The Hall–Kier alpha value is -3.37. The zero-order valence-electron chi connectivity index (χ0n) is 24.9. The molecule has 0 amide bonds. The third-order valence-corrected chi connectivity index (χ3v) is 8.69. The van der Waals surface area contributed by atoms with Crippen LogP contribution in [0.15, 0.2) is 78.9 Å². The van der Waals surface area contributed by atoms with Gasteiger partial charge in [-0.2, -0.15) is 11.8 Å². The first kappa shape index (κ1) is 30.6. The standard InChI is InChI=1S/C30H31N.C7H12O2S/c1-22(2)29-13-5-4-11-26(29)12-7-10-24-8-6-9-25(21-24)15-18-28-19-17-27-16-14-23(3)20-30(27)31-28;1-10-5-7(2-3-7)4-6(8)9/h4-6,8-9,11,13-22H,7,10,12H2,1-3H3;2-5H2,1H3,(H,8,9)/b18-15+;. The van der Waals surface area contributed by atoms with Crippen molar-refractivity contribution in [2.45, 2.75) is 65.2 Å². The molecular weight excluding hydrogens is 522 g/mol. The van der Waals surface area contributed by atoms with Gasteiger partial charge in [0.2, 0.25) is 0 Å². The number of aliphatic carboxylic acids is 1. The van der Waals surface area contributed by atoms with Crippen molar-refractivity contribution < 1.29 is 9.90 Å². The van der Waals surface area contributed by atoms with Crippen molar-refractivity contribution in [1.82, 2.24) is 4.98 Å². The summed E-state index contributed by atoms with van der Waals surface area (Å²) >= 11 is 1.75. The van der Waals surface area contributed by atoms with Gasteiger partial charge < -0.3 is 5.11 Å². The fourth-order valence-electron chi connectivity index (χ4n) is 5.35. The molecule has 3 nitrogen and oxygen atoms in total. The highest BCUT2D eigenvalue weighted by atomic mass is 32.2. The number of hydrogen-bond acceptors (Lipinski definition) is 3. The zero-order chi connectivity index (χ0) is 29.2. The van der Waals surface area contributed by atoms with E-state index in [2.05, 4.69) is 112 Å². The van der Waals surface area contributed by atoms with Crippen LogP contribution in [0.5, 0.6) is 0 Å². The number of aryl methyl sites for hydroxylation is 3. The smallest absolute Gasteiger partial charge is 0.303 e. The maximum Gasteiger partial charge on any atom is 0.303 e. The molecule has 41 heavy (non-hydrogen) atoms. The number of carboxylic acids is 1. The molecule has 1 aliphatic carbocycles. The molecule has 1 heterocycles. The van der Waals surface area contributed by atoms with Crippen molar-refractivity contribution >= 4 is 40.8 Å². The molecule has 1 saturated carbocycles. The van der Waals surface area contributed by atoms with E-state index in [-0.39, 0.29) is 5.41 Å². The van der Waals surface area contributed by atoms with E-state index in [1.807, 2.05) is 6.26 Å². The molecule has 4 aromatic rings. The maximum atomic E-state index is 10.3.